The zero-order valence-electron chi connectivity index (χ0n) is 10.6. The Morgan fingerprint density at radius 3 is 2.07 bits per heavy atom. The molecule has 0 aromatic rings. The fourth-order valence-corrected chi connectivity index (χ4v) is 3.34. The van der Waals surface area contributed by atoms with Gasteiger partial charge in [-0.05, 0) is 49.4 Å². The van der Waals surface area contributed by atoms with Crippen molar-refractivity contribution in [2.45, 2.75) is 59.0 Å². The van der Waals surface area contributed by atoms with Crippen LogP contribution in [0.5, 0.6) is 0 Å². The summed E-state index contributed by atoms with van der Waals surface area (Å²) in [5.41, 5.74) is 1.43. The van der Waals surface area contributed by atoms with Crippen molar-refractivity contribution in [2.24, 2.45) is 16.7 Å². The second-order valence-corrected chi connectivity index (χ2v) is 7.09. The van der Waals surface area contributed by atoms with Gasteiger partial charge in [-0.25, -0.2) is 0 Å². The Bertz CT molecular complexity index is 281. The molecule has 0 saturated heterocycles. The van der Waals surface area contributed by atoms with Gasteiger partial charge in [0, 0.05) is 0 Å². The third-order valence-corrected chi connectivity index (χ3v) is 4.79. The van der Waals surface area contributed by atoms with E-state index in [4.69, 9.17) is 0 Å². The van der Waals surface area contributed by atoms with Crippen LogP contribution in [0, 0.1) is 16.7 Å². The Morgan fingerprint density at radius 1 is 1.27 bits per heavy atom. The first-order valence-electron chi connectivity index (χ1n) is 6.05. The zero-order valence-corrected chi connectivity index (χ0v) is 10.6. The van der Waals surface area contributed by atoms with Crippen LogP contribution < -0.4 is 0 Å². The average Bonchev–Trinajstić information content (AvgIpc) is 1.90. The summed E-state index contributed by atoms with van der Waals surface area (Å²) in [7, 11) is 0. The number of allylic oxidation sites excluding steroid dienone is 1. The van der Waals surface area contributed by atoms with Gasteiger partial charge in [-0.3, -0.25) is 0 Å². The van der Waals surface area contributed by atoms with E-state index >= 15 is 0 Å². The van der Waals surface area contributed by atoms with Crippen molar-refractivity contribution in [2.75, 3.05) is 0 Å². The van der Waals surface area contributed by atoms with Crippen molar-refractivity contribution in [1.82, 2.24) is 0 Å². The average molecular weight is 208 g/mol. The molecule has 2 aliphatic carbocycles. The van der Waals surface area contributed by atoms with E-state index in [-0.39, 0.29) is 5.41 Å². The van der Waals surface area contributed by atoms with Crippen LogP contribution in [0.2, 0.25) is 0 Å². The van der Waals surface area contributed by atoms with Gasteiger partial charge in [-0.15, -0.1) is 0 Å². The first-order valence-corrected chi connectivity index (χ1v) is 6.05. The quantitative estimate of drug-likeness (QED) is 0.654. The highest BCUT2D eigenvalue weighted by molar-refractivity contribution is 5.18. The molecule has 86 valence electrons. The Balaban J connectivity index is 1.93. The van der Waals surface area contributed by atoms with Gasteiger partial charge in [0.15, 0.2) is 0 Å². The lowest BCUT2D eigenvalue weighted by Gasteiger charge is -2.65. The van der Waals surface area contributed by atoms with Crippen LogP contribution in [0.25, 0.3) is 0 Å². The van der Waals surface area contributed by atoms with E-state index < -0.39 is 5.60 Å². The highest BCUT2D eigenvalue weighted by atomic mass is 16.3. The van der Waals surface area contributed by atoms with Crippen molar-refractivity contribution in [3.05, 3.63) is 12.2 Å². The molecule has 2 fully saturated rings. The SMILES string of the molecule is C=C(C)C1CC2(C1)CC(O)(C(C)(C)C)C2. The van der Waals surface area contributed by atoms with Crippen LogP contribution in [0.4, 0.5) is 0 Å². The third kappa shape index (κ3) is 1.56. The summed E-state index contributed by atoms with van der Waals surface area (Å²) in [6, 6.07) is 0. The maximum absolute atomic E-state index is 10.4. The van der Waals surface area contributed by atoms with Crippen LogP contribution in [0.3, 0.4) is 0 Å². The fourth-order valence-electron chi connectivity index (χ4n) is 3.34. The minimum absolute atomic E-state index is 0.0343. The van der Waals surface area contributed by atoms with E-state index in [1.807, 2.05) is 0 Å². The first kappa shape index (κ1) is 11.2. The second kappa shape index (κ2) is 2.88. The molecule has 1 N–H and O–H groups in total. The zero-order chi connectivity index (χ0) is 11.5. The molecule has 2 rings (SSSR count). The smallest absolute Gasteiger partial charge is 0.0706 e. The number of hydrogen-bond donors (Lipinski definition) is 1. The molecule has 2 aliphatic rings. The molecule has 0 unspecified atom stereocenters. The summed E-state index contributed by atoms with van der Waals surface area (Å²) in [6.45, 7) is 12.6. The summed E-state index contributed by atoms with van der Waals surface area (Å²) in [5.74, 6) is 0.731. The summed E-state index contributed by atoms with van der Waals surface area (Å²) >= 11 is 0. The Morgan fingerprint density at radius 2 is 1.73 bits per heavy atom. The maximum Gasteiger partial charge on any atom is 0.0706 e. The third-order valence-electron chi connectivity index (χ3n) is 4.79. The van der Waals surface area contributed by atoms with Gasteiger partial charge in [0.1, 0.15) is 0 Å². The van der Waals surface area contributed by atoms with Crippen molar-refractivity contribution in [1.29, 1.82) is 0 Å². The van der Waals surface area contributed by atoms with E-state index in [0.717, 1.165) is 18.8 Å². The van der Waals surface area contributed by atoms with Gasteiger partial charge >= 0.3 is 0 Å². The van der Waals surface area contributed by atoms with E-state index in [1.54, 1.807) is 0 Å². The molecule has 0 amide bonds. The summed E-state index contributed by atoms with van der Waals surface area (Å²) in [6.07, 6.45) is 4.54. The van der Waals surface area contributed by atoms with Gasteiger partial charge in [-0.2, -0.15) is 0 Å². The monoisotopic (exact) mass is 208 g/mol. The molecule has 1 heteroatoms. The van der Waals surface area contributed by atoms with Gasteiger partial charge in [-0.1, -0.05) is 32.9 Å². The van der Waals surface area contributed by atoms with E-state index in [1.165, 1.54) is 18.4 Å². The molecular weight excluding hydrogens is 184 g/mol. The molecule has 0 radical (unpaired) electrons. The van der Waals surface area contributed by atoms with E-state index in [9.17, 15) is 5.11 Å². The summed E-state index contributed by atoms with van der Waals surface area (Å²) in [4.78, 5) is 0. The Labute approximate surface area is 93.6 Å². The summed E-state index contributed by atoms with van der Waals surface area (Å²) < 4.78 is 0. The molecule has 0 aliphatic heterocycles. The van der Waals surface area contributed by atoms with Gasteiger partial charge < -0.3 is 5.11 Å². The number of rotatable bonds is 1. The van der Waals surface area contributed by atoms with Crippen molar-refractivity contribution in [3.8, 4) is 0 Å². The fraction of sp³-hybridized carbons (Fsp3) is 0.857. The normalized spacial score (nSPS) is 44.7. The van der Waals surface area contributed by atoms with Crippen LogP contribution >= 0.6 is 0 Å². The summed E-state index contributed by atoms with van der Waals surface area (Å²) in [5, 5.41) is 10.4. The molecular formula is C14H24O. The van der Waals surface area contributed by atoms with E-state index in [0.29, 0.717) is 5.41 Å². The largest absolute Gasteiger partial charge is 0.389 e. The number of hydrogen-bond acceptors (Lipinski definition) is 1. The molecule has 0 heterocycles. The van der Waals surface area contributed by atoms with E-state index in [2.05, 4.69) is 34.3 Å². The predicted octanol–water partition coefficient (Wildman–Crippen LogP) is 3.53. The van der Waals surface area contributed by atoms with Crippen LogP contribution in [-0.2, 0) is 0 Å². The van der Waals surface area contributed by atoms with Crippen LogP contribution in [-0.4, -0.2) is 10.7 Å². The predicted molar refractivity (Wildman–Crippen MR) is 63.6 cm³/mol. The molecule has 1 nitrogen and oxygen atoms in total. The Kier molecular flexibility index (Phi) is 2.15. The van der Waals surface area contributed by atoms with Crippen molar-refractivity contribution >= 4 is 0 Å². The highest BCUT2D eigenvalue weighted by Crippen LogP contribution is 2.67. The van der Waals surface area contributed by atoms with Crippen molar-refractivity contribution in [3.63, 3.8) is 0 Å². The number of aliphatic hydroxyl groups is 1. The molecule has 0 aromatic carbocycles. The maximum atomic E-state index is 10.4. The van der Waals surface area contributed by atoms with Gasteiger partial charge in [0.2, 0.25) is 0 Å². The molecule has 2 saturated carbocycles. The standard InChI is InChI=1S/C14H24O/c1-10(2)11-6-13(7-11)8-14(15,9-13)12(3,4)5/h11,15H,1,6-9H2,2-5H3. The van der Waals surface area contributed by atoms with Gasteiger partial charge in [0.25, 0.3) is 0 Å². The molecule has 0 atom stereocenters. The molecule has 1 spiro atoms. The first-order chi connectivity index (χ1) is 6.68. The highest BCUT2D eigenvalue weighted by Gasteiger charge is 2.62. The lowest BCUT2D eigenvalue weighted by molar-refractivity contribution is -0.223. The Hall–Kier alpha value is -0.300. The topological polar surface area (TPSA) is 20.2 Å². The minimum atomic E-state index is -0.410. The molecule has 15 heavy (non-hydrogen) atoms. The molecule has 0 aromatic heterocycles. The second-order valence-electron chi connectivity index (χ2n) is 7.09. The van der Waals surface area contributed by atoms with Crippen LogP contribution in [0.1, 0.15) is 53.4 Å². The lowest BCUT2D eigenvalue weighted by Crippen LogP contribution is -2.63. The lowest BCUT2D eigenvalue weighted by atomic mass is 9.42. The van der Waals surface area contributed by atoms with Crippen LogP contribution in [0.15, 0.2) is 12.2 Å². The van der Waals surface area contributed by atoms with Crippen molar-refractivity contribution < 1.29 is 5.11 Å². The minimum Gasteiger partial charge on any atom is -0.389 e. The van der Waals surface area contributed by atoms with Gasteiger partial charge in [0.05, 0.1) is 5.60 Å². The molecule has 0 bridgehead atoms.